The summed E-state index contributed by atoms with van der Waals surface area (Å²) in [5, 5.41) is 2.18. The van der Waals surface area contributed by atoms with E-state index in [1.54, 1.807) is 0 Å². The van der Waals surface area contributed by atoms with Gasteiger partial charge < -0.3 is 5.32 Å². The van der Waals surface area contributed by atoms with Crippen LogP contribution in [0.5, 0.6) is 0 Å². The Labute approximate surface area is 89.4 Å². The molecule has 2 saturated heterocycles. The van der Waals surface area contributed by atoms with Gasteiger partial charge >= 0.3 is 0 Å². The highest BCUT2D eigenvalue weighted by molar-refractivity contribution is 7.95. The molecule has 15 heavy (non-hydrogen) atoms. The van der Waals surface area contributed by atoms with E-state index in [1.165, 1.54) is 0 Å². The standard InChI is InChI=1S/C7H14N2O4S2/c10-14(11)2-1-7(5-14)15(12,13)9-6-3-8-4-6/h6-9H,1-5H2. The van der Waals surface area contributed by atoms with E-state index in [1.807, 2.05) is 0 Å². The highest BCUT2D eigenvalue weighted by Crippen LogP contribution is 2.18. The molecule has 88 valence electrons. The Kier molecular flexibility index (Phi) is 2.78. The van der Waals surface area contributed by atoms with Crippen LogP contribution < -0.4 is 10.0 Å². The molecule has 0 amide bonds. The van der Waals surface area contributed by atoms with Crippen LogP contribution in [0.1, 0.15) is 6.42 Å². The van der Waals surface area contributed by atoms with Crippen LogP contribution in [0.25, 0.3) is 0 Å². The number of sulfonamides is 1. The van der Waals surface area contributed by atoms with E-state index >= 15 is 0 Å². The molecule has 8 heteroatoms. The molecule has 0 aromatic carbocycles. The SMILES string of the molecule is O=S1(=O)CCC(S(=O)(=O)NC2CNC2)C1. The van der Waals surface area contributed by atoms with Gasteiger partial charge in [-0.15, -0.1) is 0 Å². The maximum absolute atomic E-state index is 11.7. The molecule has 0 aromatic rings. The molecule has 2 fully saturated rings. The lowest BCUT2D eigenvalue weighted by Crippen LogP contribution is -2.58. The van der Waals surface area contributed by atoms with E-state index in [0.29, 0.717) is 13.1 Å². The summed E-state index contributed by atoms with van der Waals surface area (Å²) in [5.74, 6) is -0.246. The van der Waals surface area contributed by atoms with Crippen LogP contribution in [0.15, 0.2) is 0 Å². The third-order valence-corrected chi connectivity index (χ3v) is 6.66. The number of nitrogens with one attached hydrogen (secondary N) is 2. The molecule has 0 spiro atoms. The first kappa shape index (κ1) is 11.3. The Balaban J connectivity index is 2.03. The Bertz CT molecular complexity index is 438. The number of rotatable bonds is 3. The van der Waals surface area contributed by atoms with Crippen molar-refractivity contribution in [3.05, 3.63) is 0 Å². The smallest absolute Gasteiger partial charge is 0.215 e. The molecule has 1 atom stereocenters. The second kappa shape index (κ2) is 3.69. The van der Waals surface area contributed by atoms with Crippen LogP contribution in [-0.4, -0.2) is 52.7 Å². The van der Waals surface area contributed by atoms with E-state index < -0.39 is 25.1 Å². The minimum Gasteiger partial charge on any atom is -0.313 e. The highest BCUT2D eigenvalue weighted by atomic mass is 32.2. The van der Waals surface area contributed by atoms with Crippen molar-refractivity contribution in [3.8, 4) is 0 Å². The summed E-state index contributed by atoms with van der Waals surface area (Å²) in [7, 11) is -6.60. The molecule has 0 aliphatic carbocycles. The Morgan fingerprint density at radius 2 is 1.93 bits per heavy atom. The summed E-state index contributed by atoms with van der Waals surface area (Å²) < 4.78 is 48.3. The van der Waals surface area contributed by atoms with Crippen molar-refractivity contribution in [2.75, 3.05) is 24.6 Å². The molecule has 2 N–H and O–H groups in total. The summed E-state index contributed by atoms with van der Waals surface area (Å²) >= 11 is 0. The van der Waals surface area contributed by atoms with Gasteiger partial charge in [-0.2, -0.15) is 0 Å². The summed E-state index contributed by atoms with van der Waals surface area (Å²) in [6.45, 7) is 1.25. The molecule has 2 aliphatic rings. The molecule has 6 nitrogen and oxygen atoms in total. The van der Waals surface area contributed by atoms with Gasteiger partial charge in [0, 0.05) is 19.1 Å². The topological polar surface area (TPSA) is 92.3 Å². The zero-order valence-electron chi connectivity index (χ0n) is 8.14. The van der Waals surface area contributed by atoms with Crippen LogP contribution in [0.4, 0.5) is 0 Å². The molecule has 0 aromatic heterocycles. The molecular weight excluding hydrogens is 240 g/mol. The maximum atomic E-state index is 11.7. The van der Waals surface area contributed by atoms with Crippen LogP contribution in [0, 0.1) is 0 Å². The third kappa shape index (κ3) is 2.49. The maximum Gasteiger partial charge on any atom is 0.215 e. The van der Waals surface area contributed by atoms with E-state index in [9.17, 15) is 16.8 Å². The van der Waals surface area contributed by atoms with Gasteiger partial charge in [0.15, 0.2) is 9.84 Å². The zero-order chi connectivity index (χ0) is 11.1. The van der Waals surface area contributed by atoms with Crippen LogP contribution in [0.3, 0.4) is 0 Å². The van der Waals surface area contributed by atoms with Crippen LogP contribution in [0.2, 0.25) is 0 Å². The molecule has 0 radical (unpaired) electrons. The van der Waals surface area contributed by atoms with Crippen molar-refractivity contribution in [1.29, 1.82) is 0 Å². The average Bonchev–Trinajstić information content (AvgIpc) is 2.40. The van der Waals surface area contributed by atoms with Gasteiger partial charge in [-0.3, -0.25) is 0 Å². The van der Waals surface area contributed by atoms with Crippen LogP contribution >= 0.6 is 0 Å². The van der Waals surface area contributed by atoms with Gasteiger partial charge in [0.1, 0.15) is 0 Å². The van der Waals surface area contributed by atoms with Gasteiger partial charge in [-0.05, 0) is 6.42 Å². The quantitative estimate of drug-likeness (QED) is 0.611. The molecular formula is C7H14N2O4S2. The van der Waals surface area contributed by atoms with E-state index in [0.717, 1.165) is 0 Å². The first-order valence-electron chi connectivity index (χ1n) is 4.81. The minimum atomic E-state index is -3.46. The normalized spacial score (nSPS) is 31.3. The number of sulfone groups is 1. The Morgan fingerprint density at radius 1 is 1.27 bits per heavy atom. The number of hydrogen-bond donors (Lipinski definition) is 2. The lowest BCUT2D eigenvalue weighted by Gasteiger charge is -2.28. The summed E-state index contributed by atoms with van der Waals surface area (Å²) in [6.07, 6.45) is 0.220. The van der Waals surface area contributed by atoms with Gasteiger partial charge in [0.2, 0.25) is 10.0 Å². The second-order valence-corrected chi connectivity index (χ2v) is 8.26. The van der Waals surface area contributed by atoms with Crippen molar-refractivity contribution in [1.82, 2.24) is 10.0 Å². The first-order chi connectivity index (χ1) is 6.89. The van der Waals surface area contributed by atoms with Crippen molar-refractivity contribution < 1.29 is 16.8 Å². The Morgan fingerprint density at radius 3 is 2.33 bits per heavy atom. The highest BCUT2D eigenvalue weighted by Gasteiger charge is 2.38. The predicted octanol–water partition coefficient (Wildman–Crippen LogP) is -1.94. The van der Waals surface area contributed by atoms with E-state index in [2.05, 4.69) is 10.0 Å². The van der Waals surface area contributed by atoms with Gasteiger partial charge in [-0.1, -0.05) is 0 Å². The zero-order valence-corrected chi connectivity index (χ0v) is 9.77. The molecule has 1 unspecified atom stereocenters. The molecule has 0 saturated carbocycles. The molecule has 2 heterocycles. The fourth-order valence-corrected chi connectivity index (χ4v) is 5.99. The summed E-state index contributed by atoms with van der Waals surface area (Å²) in [5.41, 5.74) is 0. The van der Waals surface area contributed by atoms with Gasteiger partial charge in [0.05, 0.1) is 16.8 Å². The van der Waals surface area contributed by atoms with Crippen molar-refractivity contribution >= 4 is 19.9 Å². The number of hydrogen-bond acceptors (Lipinski definition) is 5. The van der Waals surface area contributed by atoms with Crippen LogP contribution in [-0.2, 0) is 19.9 Å². The fraction of sp³-hybridized carbons (Fsp3) is 1.00. The van der Waals surface area contributed by atoms with Gasteiger partial charge in [0.25, 0.3) is 0 Å². The lowest BCUT2D eigenvalue weighted by molar-refractivity contribution is 0.408. The van der Waals surface area contributed by atoms with Gasteiger partial charge in [-0.25, -0.2) is 21.6 Å². The Hall–Kier alpha value is -0.180. The van der Waals surface area contributed by atoms with Crippen molar-refractivity contribution in [3.63, 3.8) is 0 Å². The summed E-state index contributed by atoms with van der Waals surface area (Å²) in [4.78, 5) is 0. The average molecular weight is 254 g/mol. The van der Waals surface area contributed by atoms with E-state index in [-0.39, 0.29) is 24.0 Å². The summed E-state index contributed by atoms with van der Waals surface area (Å²) in [6, 6.07) is -0.0710. The predicted molar refractivity (Wildman–Crippen MR) is 55.8 cm³/mol. The molecule has 2 rings (SSSR count). The van der Waals surface area contributed by atoms with Crippen molar-refractivity contribution in [2.45, 2.75) is 17.7 Å². The fourth-order valence-electron chi connectivity index (χ4n) is 1.71. The molecule has 0 bridgehead atoms. The van der Waals surface area contributed by atoms with Crippen molar-refractivity contribution in [2.24, 2.45) is 0 Å². The lowest BCUT2D eigenvalue weighted by atomic mass is 10.2. The first-order valence-corrected chi connectivity index (χ1v) is 8.18. The minimum absolute atomic E-state index is 0.0124. The largest absolute Gasteiger partial charge is 0.313 e. The second-order valence-electron chi connectivity index (χ2n) is 4.04. The molecule has 2 aliphatic heterocycles. The monoisotopic (exact) mass is 254 g/mol. The van der Waals surface area contributed by atoms with E-state index in [4.69, 9.17) is 0 Å². The third-order valence-electron chi connectivity index (χ3n) is 2.74.